The molecular weight excluding hydrogens is 362 g/mol. The molecule has 0 amide bonds. The average molecular weight is 369 g/mol. The van der Waals surface area contributed by atoms with Gasteiger partial charge in [0.05, 0.1) is 15.7 Å². The van der Waals surface area contributed by atoms with Crippen LogP contribution in [0.5, 0.6) is 0 Å². The summed E-state index contributed by atoms with van der Waals surface area (Å²) in [7, 11) is 0. The summed E-state index contributed by atoms with van der Waals surface area (Å²) < 4.78 is 3.35. The van der Waals surface area contributed by atoms with Gasteiger partial charge in [-0.25, -0.2) is 4.98 Å². The normalized spacial score (nSPS) is 10.9. The van der Waals surface area contributed by atoms with Crippen LogP contribution in [0.1, 0.15) is 0 Å². The lowest BCUT2D eigenvalue weighted by Gasteiger charge is -2.04. The molecule has 0 aliphatic heterocycles. The van der Waals surface area contributed by atoms with E-state index in [2.05, 4.69) is 67.2 Å². The van der Waals surface area contributed by atoms with Crippen LogP contribution in [0.4, 0.5) is 0 Å². The predicted octanol–water partition coefficient (Wildman–Crippen LogP) is 5.49. The van der Waals surface area contributed by atoms with E-state index in [9.17, 15) is 0 Å². The van der Waals surface area contributed by atoms with Crippen molar-refractivity contribution in [3.05, 3.63) is 50.9 Å². The predicted molar refractivity (Wildman–Crippen MR) is 80.5 cm³/mol. The van der Waals surface area contributed by atoms with Crippen LogP contribution in [0, 0.1) is 0 Å². The molecule has 3 rings (SSSR count). The SMILES string of the molecule is Brc1cc(Br)cc(-c2cccc3scnc23)c1. The van der Waals surface area contributed by atoms with E-state index in [1.54, 1.807) is 11.3 Å². The molecule has 3 aromatic rings. The standard InChI is InChI=1S/C13H7Br2NS/c14-9-4-8(5-10(15)6-9)11-2-1-3-12-13(11)16-7-17-12/h1-7H. The molecule has 0 atom stereocenters. The van der Waals surface area contributed by atoms with Gasteiger partial charge in [0.1, 0.15) is 0 Å². The summed E-state index contributed by atoms with van der Waals surface area (Å²) in [6, 6.07) is 12.5. The Balaban J connectivity index is 2.30. The Hall–Kier alpha value is -0.710. The minimum absolute atomic E-state index is 1.06. The van der Waals surface area contributed by atoms with E-state index in [1.165, 1.54) is 15.8 Å². The van der Waals surface area contributed by atoms with Crippen LogP contribution in [0.25, 0.3) is 21.3 Å². The van der Waals surface area contributed by atoms with Gasteiger partial charge in [-0.15, -0.1) is 11.3 Å². The molecule has 1 aromatic heterocycles. The highest BCUT2D eigenvalue weighted by atomic mass is 79.9. The maximum absolute atomic E-state index is 4.44. The van der Waals surface area contributed by atoms with Crippen molar-refractivity contribution in [1.82, 2.24) is 4.98 Å². The summed E-state index contributed by atoms with van der Waals surface area (Å²) in [6.45, 7) is 0. The van der Waals surface area contributed by atoms with E-state index in [0.717, 1.165) is 14.5 Å². The molecule has 17 heavy (non-hydrogen) atoms. The monoisotopic (exact) mass is 367 g/mol. The molecule has 0 saturated carbocycles. The molecule has 0 bridgehead atoms. The molecule has 4 heteroatoms. The van der Waals surface area contributed by atoms with Crippen LogP contribution in [-0.4, -0.2) is 4.98 Å². The third-order valence-corrected chi connectivity index (χ3v) is 4.24. The maximum Gasteiger partial charge on any atom is 0.0890 e. The zero-order chi connectivity index (χ0) is 11.8. The quantitative estimate of drug-likeness (QED) is 0.553. The van der Waals surface area contributed by atoms with E-state index in [1.807, 2.05) is 11.6 Å². The fourth-order valence-corrected chi connectivity index (χ4v) is 3.83. The first kappa shape index (κ1) is 11.4. The zero-order valence-electron chi connectivity index (χ0n) is 8.65. The van der Waals surface area contributed by atoms with Crippen molar-refractivity contribution in [3.8, 4) is 11.1 Å². The van der Waals surface area contributed by atoms with Crippen molar-refractivity contribution in [2.45, 2.75) is 0 Å². The number of aromatic nitrogens is 1. The first-order valence-corrected chi connectivity index (χ1v) is 7.49. The average Bonchev–Trinajstić information content (AvgIpc) is 2.75. The Morgan fingerprint density at radius 3 is 2.53 bits per heavy atom. The topological polar surface area (TPSA) is 12.9 Å². The van der Waals surface area contributed by atoms with Gasteiger partial charge in [-0.1, -0.05) is 44.0 Å². The first-order valence-electron chi connectivity index (χ1n) is 5.03. The van der Waals surface area contributed by atoms with Crippen molar-refractivity contribution in [2.24, 2.45) is 0 Å². The first-order chi connectivity index (χ1) is 8.24. The van der Waals surface area contributed by atoms with Gasteiger partial charge in [0.2, 0.25) is 0 Å². The van der Waals surface area contributed by atoms with E-state index in [0.29, 0.717) is 0 Å². The molecule has 0 radical (unpaired) electrons. The maximum atomic E-state index is 4.44. The van der Waals surface area contributed by atoms with Crippen LogP contribution < -0.4 is 0 Å². The second-order valence-electron chi connectivity index (χ2n) is 3.66. The molecule has 0 N–H and O–H groups in total. The van der Waals surface area contributed by atoms with E-state index < -0.39 is 0 Å². The number of benzene rings is 2. The van der Waals surface area contributed by atoms with E-state index in [-0.39, 0.29) is 0 Å². The molecule has 2 aromatic carbocycles. The number of thiazole rings is 1. The van der Waals surface area contributed by atoms with E-state index >= 15 is 0 Å². The minimum atomic E-state index is 1.06. The van der Waals surface area contributed by atoms with Crippen LogP contribution in [0.3, 0.4) is 0 Å². The molecule has 0 aliphatic rings. The van der Waals surface area contributed by atoms with Gasteiger partial charge in [0.15, 0.2) is 0 Å². The Morgan fingerprint density at radius 2 is 1.76 bits per heavy atom. The smallest absolute Gasteiger partial charge is 0.0890 e. The van der Waals surface area contributed by atoms with Crippen LogP contribution in [0.2, 0.25) is 0 Å². The fourth-order valence-electron chi connectivity index (χ4n) is 1.83. The van der Waals surface area contributed by atoms with Crippen LogP contribution in [-0.2, 0) is 0 Å². The summed E-state index contributed by atoms with van der Waals surface area (Å²) in [5, 5.41) is 0. The van der Waals surface area contributed by atoms with Crippen molar-refractivity contribution in [2.75, 3.05) is 0 Å². The second kappa shape index (κ2) is 4.52. The molecule has 84 valence electrons. The number of halogens is 2. The zero-order valence-corrected chi connectivity index (χ0v) is 12.6. The highest BCUT2D eigenvalue weighted by Gasteiger charge is 2.07. The van der Waals surface area contributed by atoms with Gasteiger partial charge >= 0.3 is 0 Å². The number of rotatable bonds is 1. The van der Waals surface area contributed by atoms with Gasteiger partial charge in [0.25, 0.3) is 0 Å². The molecular formula is C13H7Br2NS. The summed E-state index contributed by atoms with van der Waals surface area (Å²) in [5.74, 6) is 0. The fraction of sp³-hybridized carbons (Fsp3) is 0. The molecule has 0 saturated heterocycles. The highest BCUT2D eigenvalue weighted by Crippen LogP contribution is 2.33. The lowest BCUT2D eigenvalue weighted by atomic mass is 10.1. The van der Waals surface area contributed by atoms with Crippen molar-refractivity contribution in [1.29, 1.82) is 0 Å². The van der Waals surface area contributed by atoms with Crippen molar-refractivity contribution < 1.29 is 0 Å². The van der Waals surface area contributed by atoms with Gasteiger partial charge in [-0.05, 0) is 29.8 Å². The minimum Gasteiger partial charge on any atom is -0.244 e. The number of nitrogens with zero attached hydrogens (tertiary/aromatic N) is 1. The van der Waals surface area contributed by atoms with Gasteiger partial charge in [-0.2, -0.15) is 0 Å². The largest absolute Gasteiger partial charge is 0.244 e. The van der Waals surface area contributed by atoms with Crippen LogP contribution in [0.15, 0.2) is 50.9 Å². The number of hydrogen-bond donors (Lipinski definition) is 0. The Kier molecular flexibility index (Phi) is 3.03. The summed E-state index contributed by atoms with van der Waals surface area (Å²) in [4.78, 5) is 4.44. The summed E-state index contributed by atoms with van der Waals surface area (Å²) in [5.41, 5.74) is 5.30. The lowest BCUT2D eigenvalue weighted by molar-refractivity contribution is 1.49. The number of fused-ring (bicyclic) bond motifs is 1. The third-order valence-electron chi connectivity index (χ3n) is 2.53. The molecule has 1 nitrogen and oxygen atoms in total. The number of hydrogen-bond acceptors (Lipinski definition) is 2. The van der Waals surface area contributed by atoms with Crippen molar-refractivity contribution >= 4 is 53.4 Å². The van der Waals surface area contributed by atoms with Gasteiger partial charge < -0.3 is 0 Å². The Bertz CT molecular complexity index is 670. The Morgan fingerprint density at radius 1 is 1.00 bits per heavy atom. The van der Waals surface area contributed by atoms with E-state index in [4.69, 9.17) is 0 Å². The second-order valence-corrected chi connectivity index (χ2v) is 6.38. The van der Waals surface area contributed by atoms with Gasteiger partial charge in [-0.3, -0.25) is 0 Å². The lowest BCUT2D eigenvalue weighted by Crippen LogP contribution is -1.81. The van der Waals surface area contributed by atoms with Gasteiger partial charge in [0, 0.05) is 14.5 Å². The highest BCUT2D eigenvalue weighted by molar-refractivity contribution is 9.11. The number of para-hydroxylation sites is 1. The molecule has 1 heterocycles. The summed E-state index contributed by atoms with van der Waals surface area (Å²) in [6.07, 6.45) is 0. The Labute approximate surface area is 120 Å². The van der Waals surface area contributed by atoms with Crippen LogP contribution >= 0.6 is 43.2 Å². The molecule has 0 fully saturated rings. The van der Waals surface area contributed by atoms with Crippen molar-refractivity contribution in [3.63, 3.8) is 0 Å². The molecule has 0 aliphatic carbocycles. The summed E-state index contributed by atoms with van der Waals surface area (Å²) >= 11 is 8.70. The molecule has 0 spiro atoms. The third kappa shape index (κ3) is 2.17. The molecule has 0 unspecified atom stereocenters.